The van der Waals surface area contributed by atoms with Crippen molar-refractivity contribution in [1.82, 2.24) is 5.34 Å². The zero-order chi connectivity index (χ0) is 29.9. The molecule has 0 saturated heterocycles. The Kier molecular flexibility index (Phi) is 5.05. The fourth-order valence-electron chi connectivity index (χ4n) is 4.33. The minimum Gasteiger partial charge on any atom is -0.291 e. The quantitative estimate of drug-likeness (QED) is 0.241. The van der Waals surface area contributed by atoms with E-state index < -0.39 is 81.4 Å². The van der Waals surface area contributed by atoms with Crippen molar-refractivity contribution in [3.8, 4) is 0 Å². The van der Waals surface area contributed by atoms with Crippen LogP contribution in [0.1, 0.15) is 0 Å². The fourth-order valence-corrected chi connectivity index (χ4v) is 4.33. The number of alkyl halides is 19. The number of hydrogen-bond acceptors (Lipinski definition) is 3. The zero-order valence-electron chi connectivity index (χ0n) is 15.7. The number of halogens is 21. The first-order chi connectivity index (χ1) is 15.8. The van der Waals surface area contributed by atoms with Gasteiger partial charge in [-0.2, -0.15) is 57.1 Å². The van der Waals surface area contributed by atoms with Crippen LogP contribution in [0.3, 0.4) is 0 Å². The third-order valence-corrected chi connectivity index (χ3v) is 6.24. The zero-order valence-corrected chi connectivity index (χ0v) is 15.7. The second-order valence-corrected chi connectivity index (χ2v) is 7.83. The molecule has 0 aromatic rings. The fraction of sp³-hybridized carbons (Fsp3) is 0.923. The topological polar surface area (TPSA) is 29.5 Å². The van der Waals surface area contributed by atoms with Crippen molar-refractivity contribution < 1.29 is 102 Å². The number of ketones is 1. The van der Waals surface area contributed by atoms with E-state index in [1.807, 2.05) is 0 Å². The largest absolute Gasteiger partial charge is 0.451 e. The molecule has 4 aliphatic rings. The van der Waals surface area contributed by atoms with Gasteiger partial charge in [-0.05, 0) is 0 Å². The third-order valence-electron chi connectivity index (χ3n) is 6.24. The Morgan fingerprint density at radius 2 is 0.919 bits per heavy atom. The number of Topliss-reactive ketones (excluding diaryl/α,β-unsaturated/α-hetero) is 1. The Balaban J connectivity index is 2.54. The van der Waals surface area contributed by atoms with Crippen LogP contribution in [0.25, 0.3) is 0 Å². The Labute approximate surface area is 184 Å². The second-order valence-electron chi connectivity index (χ2n) is 7.83. The van der Waals surface area contributed by atoms with Gasteiger partial charge in [-0.1, -0.05) is 8.96 Å². The van der Waals surface area contributed by atoms with E-state index in [9.17, 15) is 84.0 Å². The standard InChI is InChI=1S/C13F21NO2/c14-2-1(36)3(15)8(22,23)4(16,6(2,18)19)9(24,25)5(17,7(2,20)21)11(3,27)37-13(31,32)10(26,35(33)34)12(28,29)30. The minimum atomic E-state index is -8.49. The molecule has 6 unspecified atom stereocenters. The van der Waals surface area contributed by atoms with Crippen LogP contribution in [0.15, 0.2) is 0 Å². The SMILES string of the molecule is O=C1C2(F)C(F)(F)C3(F)C(F)(F)C1(F)C(F)(OC(F)(F)C(F)(N(F)F)C(F)(F)F)C(F)(C2(F)F)C3(F)F. The molecule has 6 atom stereocenters. The van der Waals surface area contributed by atoms with Crippen LogP contribution in [-0.4, -0.2) is 81.4 Å². The van der Waals surface area contributed by atoms with Crippen molar-refractivity contribution >= 4 is 5.78 Å². The van der Waals surface area contributed by atoms with E-state index in [0.29, 0.717) is 0 Å². The summed E-state index contributed by atoms with van der Waals surface area (Å²) in [6, 6.07) is 0. The Bertz CT molecular complexity index is 1060. The van der Waals surface area contributed by atoms with Crippen LogP contribution in [0.2, 0.25) is 0 Å². The minimum absolute atomic E-state index is 1.49. The highest BCUT2D eigenvalue weighted by Crippen LogP contribution is 2.85. The molecule has 37 heavy (non-hydrogen) atoms. The molecule has 0 amide bonds. The van der Waals surface area contributed by atoms with Crippen molar-refractivity contribution in [2.45, 2.75) is 70.3 Å². The highest BCUT2D eigenvalue weighted by Gasteiger charge is 3.20. The van der Waals surface area contributed by atoms with E-state index in [1.165, 1.54) is 4.74 Å². The van der Waals surface area contributed by atoms with E-state index in [4.69, 9.17) is 0 Å². The molecule has 4 fully saturated rings. The summed E-state index contributed by atoms with van der Waals surface area (Å²) in [5.41, 5.74) is -32.3. The molecule has 4 rings (SSSR count). The van der Waals surface area contributed by atoms with Crippen LogP contribution >= 0.6 is 0 Å². The highest BCUT2D eigenvalue weighted by molar-refractivity contribution is 6.04. The van der Waals surface area contributed by atoms with Gasteiger partial charge in [-0.25, -0.2) is 26.3 Å². The van der Waals surface area contributed by atoms with Gasteiger partial charge in [0.1, 0.15) is 0 Å². The molecular formula is C13F21NO2. The maximum Gasteiger partial charge on any atom is 0.451 e. The lowest BCUT2D eigenvalue weighted by molar-refractivity contribution is -0.584. The van der Waals surface area contributed by atoms with Gasteiger partial charge in [0.05, 0.1) is 5.34 Å². The second kappa shape index (κ2) is 6.29. The Morgan fingerprint density at radius 3 is 1.27 bits per heavy atom. The molecular weight excluding hydrogens is 601 g/mol. The molecule has 24 heteroatoms. The molecule has 0 aromatic carbocycles. The predicted octanol–water partition coefficient (Wildman–Crippen LogP) is 5.55. The summed E-state index contributed by atoms with van der Waals surface area (Å²) < 4.78 is 293. The first kappa shape index (κ1) is 29.7. The van der Waals surface area contributed by atoms with Crippen LogP contribution < -0.4 is 0 Å². The highest BCUT2D eigenvalue weighted by atomic mass is 19.4. The van der Waals surface area contributed by atoms with E-state index in [0.717, 1.165) is 0 Å². The van der Waals surface area contributed by atoms with Gasteiger partial charge >= 0.3 is 70.3 Å². The number of rotatable bonds is 4. The molecule has 0 heterocycles. The predicted molar refractivity (Wildman–Crippen MR) is 64.0 cm³/mol. The molecule has 4 saturated carbocycles. The van der Waals surface area contributed by atoms with Crippen molar-refractivity contribution in [1.29, 1.82) is 0 Å². The molecule has 0 aromatic heterocycles. The lowest BCUT2D eigenvalue weighted by Crippen LogP contribution is -3.07. The van der Waals surface area contributed by atoms with Crippen LogP contribution in [0.4, 0.5) is 92.4 Å². The molecule has 4 bridgehead atoms. The van der Waals surface area contributed by atoms with E-state index in [-0.39, 0.29) is 0 Å². The Hall–Kier alpha value is -1.88. The van der Waals surface area contributed by atoms with Crippen LogP contribution in [0.5, 0.6) is 0 Å². The summed E-state index contributed by atoms with van der Waals surface area (Å²) in [6.07, 6.45) is -16.3. The summed E-state index contributed by atoms with van der Waals surface area (Å²) in [4.78, 5) is 11.6. The molecule has 0 aliphatic heterocycles. The average molecular weight is 601 g/mol. The normalized spacial score (nSPS) is 45.3. The van der Waals surface area contributed by atoms with Crippen molar-refractivity contribution in [3.05, 3.63) is 0 Å². The van der Waals surface area contributed by atoms with Gasteiger partial charge < -0.3 is 0 Å². The monoisotopic (exact) mass is 601 g/mol. The maximum atomic E-state index is 15.2. The summed E-state index contributed by atoms with van der Waals surface area (Å²) in [7, 11) is 0. The molecule has 0 spiro atoms. The van der Waals surface area contributed by atoms with Gasteiger partial charge in [0, 0.05) is 0 Å². The summed E-state index contributed by atoms with van der Waals surface area (Å²) in [6.45, 7) is 0. The number of carbonyl (C=O) groups is 1. The van der Waals surface area contributed by atoms with Gasteiger partial charge in [-0.3, -0.25) is 9.53 Å². The Morgan fingerprint density at radius 1 is 0.568 bits per heavy atom. The number of hydrogen-bond donors (Lipinski definition) is 0. The molecule has 4 aliphatic carbocycles. The molecule has 216 valence electrons. The number of carbonyl (C=O) groups excluding carboxylic acids is 1. The van der Waals surface area contributed by atoms with Crippen LogP contribution in [-0.2, 0) is 9.53 Å². The van der Waals surface area contributed by atoms with Gasteiger partial charge in [0.25, 0.3) is 0 Å². The first-order valence-electron chi connectivity index (χ1n) is 8.26. The molecule has 0 radical (unpaired) electrons. The average Bonchev–Trinajstić information content (AvgIpc) is 2.70. The van der Waals surface area contributed by atoms with Gasteiger partial charge in [0.15, 0.2) is 0 Å². The van der Waals surface area contributed by atoms with Crippen LogP contribution in [0, 0.1) is 0 Å². The maximum absolute atomic E-state index is 15.2. The third kappa shape index (κ3) is 2.08. The summed E-state index contributed by atoms with van der Waals surface area (Å²) in [5.74, 6) is -54.8. The summed E-state index contributed by atoms with van der Waals surface area (Å²) >= 11 is 0. The van der Waals surface area contributed by atoms with E-state index >= 15 is 13.2 Å². The van der Waals surface area contributed by atoms with Crippen molar-refractivity contribution in [2.75, 3.05) is 0 Å². The van der Waals surface area contributed by atoms with E-state index in [2.05, 4.69) is 0 Å². The first-order valence-corrected chi connectivity index (χ1v) is 8.26. The number of ether oxygens (including phenoxy) is 1. The molecule has 0 N–H and O–H groups in total. The number of nitrogens with zero attached hydrogens (tertiary/aromatic N) is 1. The van der Waals surface area contributed by atoms with E-state index in [1.54, 1.807) is 0 Å². The smallest absolute Gasteiger partial charge is 0.291 e. The lowest BCUT2D eigenvalue weighted by atomic mass is 9.41. The molecule has 3 nitrogen and oxygen atoms in total. The lowest BCUT2D eigenvalue weighted by Gasteiger charge is -2.71. The summed E-state index contributed by atoms with van der Waals surface area (Å²) in [5, 5.41) is -4.44. The van der Waals surface area contributed by atoms with Crippen molar-refractivity contribution in [2.24, 2.45) is 0 Å². The van der Waals surface area contributed by atoms with Gasteiger partial charge in [-0.15, -0.1) is 0 Å². The van der Waals surface area contributed by atoms with Crippen molar-refractivity contribution in [3.63, 3.8) is 0 Å². The van der Waals surface area contributed by atoms with Gasteiger partial charge in [0.2, 0.25) is 5.78 Å².